The topological polar surface area (TPSA) is 174 Å². The second-order valence-electron chi connectivity index (χ2n) is 7.81. The zero-order valence-electron chi connectivity index (χ0n) is 18.3. The summed E-state index contributed by atoms with van der Waals surface area (Å²) in [6.45, 7) is 0.669. The van der Waals surface area contributed by atoms with E-state index in [9.17, 15) is 29.6 Å². The maximum atomic E-state index is 13.3. The molecule has 1 aliphatic heterocycles. The van der Waals surface area contributed by atoms with Crippen LogP contribution in [0.1, 0.15) is 44.1 Å². The Kier molecular flexibility index (Phi) is 10.5. The van der Waals surface area contributed by atoms with Crippen LogP contribution in [-0.4, -0.2) is 64.2 Å². The molecule has 0 aromatic heterocycles. The van der Waals surface area contributed by atoms with Crippen LogP contribution >= 0.6 is 0 Å². The Hall–Kier alpha value is -3.25. The quantitative estimate of drug-likeness (QED) is 0.154. The Balaban J connectivity index is 2.09. The molecule has 182 valence electrons. The third-order valence-electron chi connectivity index (χ3n) is 5.50. The van der Waals surface area contributed by atoms with Crippen LogP contribution in [0, 0.1) is 10.1 Å². The van der Waals surface area contributed by atoms with Crippen LogP contribution in [0.4, 0.5) is 0 Å². The van der Waals surface area contributed by atoms with Crippen molar-refractivity contribution in [3.63, 3.8) is 0 Å². The van der Waals surface area contributed by atoms with Gasteiger partial charge in [-0.1, -0.05) is 41.7 Å². The third-order valence-corrected chi connectivity index (χ3v) is 5.50. The number of nitrogens with zero attached hydrogens (tertiary/aromatic N) is 2. The summed E-state index contributed by atoms with van der Waals surface area (Å²) in [5.41, 5.74) is 6.53. The molecule has 0 saturated carbocycles. The molecule has 2 rings (SSSR count). The van der Waals surface area contributed by atoms with E-state index in [0.717, 1.165) is 5.56 Å². The van der Waals surface area contributed by atoms with E-state index in [1.54, 1.807) is 0 Å². The number of aryl methyl sites for hydroxylation is 1. The second-order valence-corrected chi connectivity index (χ2v) is 7.81. The number of rotatable bonds is 14. The average Bonchev–Trinajstić information content (AvgIpc) is 3.29. The molecular weight excluding hydrogens is 436 g/mol. The summed E-state index contributed by atoms with van der Waals surface area (Å²) in [5.74, 6) is -2.59. The van der Waals surface area contributed by atoms with Crippen molar-refractivity contribution >= 4 is 17.8 Å². The Morgan fingerprint density at radius 1 is 1.21 bits per heavy atom. The number of carbonyl (C=O) groups excluding carboxylic acids is 2. The lowest BCUT2D eigenvalue weighted by atomic mass is 10.0. The fourth-order valence-electron chi connectivity index (χ4n) is 3.85. The molecule has 1 amide bonds. The molecule has 1 aromatic rings. The summed E-state index contributed by atoms with van der Waals surface area (Å²) >= 11 is 0. The first-order valence-corrected chi connectivity index (χ1v) is 10.9. The molecule has 1 saturated heterocycles. The van der Waals surface area contributed by atoms with Gasteiger partial charge >= 0.3 is 17.0 Å². The number of hydrogen-bond donors (Lipinski definition) is 3. The SMILES string of the molecule is NCCCC[C@H](N[C@@H](CCc1ccccc1)C(=O)O)C(=O)N1CCC[C@H]1C(=O)OO[N+](=O)[O-]. The molecular formula is C21H30N4O8. The summed E-state index contributed by atoms with van der Waals surface area (Å²) in [6.07, 6.45) is 3.09. The standard InChI is InChI=1S/C21H30N4O8/c22-13-5-4-9-16(23-17(20(27)28)12-11-15-7-2-1-3-8-15)19(26)24-14-6-10-18(24)21(29)32-33-25(30)31/h1-3,7-8,16-18,23H,4-6,9-14,22H2,(H,27,28)/t16-,17-,18-/m0/s1. The van der Waals surface area contributed by atoms with Gasteiger partial charge in [0.25, 0.3) is 0 Å². The molecule has 0 radical (unpaired) electrons. The molecule has 0 spiro atoms. The Labute approximate surface area is 191 Å². The molecule has 1 aliphatic rings. The van der Waals surface area contributed by atoms with Gasteiger partial charge in [-0.2, -0.15) is 0 Å². The van der Waals surface area contributed by atoms with Gasteiger partial charge in [0.05, 0.1) is 6.04 Å². The number of carboxylic acid groups (broad SMARTS) is 1. The molecule has 33 heavy (non-hydrogen) atoms. The van der Waals surface area contributed by atoms with Gasteiger partial charge in [0.2, 0.25) is 5.91 Å². The van der Waals surface area contributed by atoms with E-state index in [4.69, 9.17) is 5.73 Å². The molecule has 1 fully saturated rings. The van der Waals surface area contributed by atoms with Gasteiger partial charge in [-0.25, -0.2) is 4.79 Å². The summed E-state index contributed by atoms with van der Waals surface area (Å²) in [5, 5.41) is 21.7. The number of benzene rings is 1. The molecule has 4 N–H and O–H groups in total. The van der Waals surface area contributed by atoms with Crippen LogP contribution < -0.4 is 11.1 Å². The van der Waals surface area contributed by atoms with E-state index in [1.807, 2.05) is 30.3 Å². The highest BCUT2D eigenvalue weighted by Crippen LogP contribution is 2.21. The summed E-state index contributed by atoms with van der Waals surface area (Å²) in [4.78, 5) is 56.8. The van der Waals surface area contributed by atoms with E-state index < -0.39 is 41.1 Å². The van der Waals surface area contributed by atoms with Crippen LogP contribution in [0.15, 0.2) is 30.3 Å². The molecule has 0 bridgehead atoms. The van der Waals surface area contributed by atoms with Crippen molar-refractivity contribution < 1.29 is 34.5 Å². The van der Waals surface area contributed by atoms with Gasteiger partial charge in [-0.05, 0) is 50.6 Å². The number of carboxylic acids is 1. The van der Waals surface area contributed by atoms with Crippen LogP contribution in [0.3, 0.4) is 0 Å². The van der Waals surface area contributed by atoms with Gasteiger partial charge in [0.1, 0.15) is 12.1 Å². The van der Waals surface area contributed by atoms with Gasteiger partial charge in [0, 0.05) is 6.54 Å². The number of unbranched alkanes of at least 4 members (excludes halogenated alkanes) is 1. The molecule has 12 heteroatoms. The van der Waals surface area contributed by atoms with E-state index in [-0.39, 0.29) is 19.4 Å². The van der Waals surface area contributed by atoms with Crippen molar-refractivity contribution in [2.24, 2.45) is 5.73 Å². The number of amides is 1. The molecule has 0 unspecified atom stereocenters. The number of carbonyl (C=O) groups is 3. The lowest BCUT2D eigenvalue weighted by Gasteiger charge is -2.29. The molecule has 12 nitrogen and oxygen atoms in total. The smallest absolute Gasteiger partial charge is 0.365 e. The van der Waals surface area contributed by atoms with Crippen molar-refractivity contribution in [1.82, 2.24) is 10.2 Å². The zero-order valence-corrected chi connectivity index (χ0v) is 18.3. The maximum absolute atomic E-state index is 13.3. The minimum Gasteiger partial charge on any atom is -0.480 e. The van der Waals surface area contributed by atoms with Crippen molar-refractivity contribution in [1.29, 1.82) is 0 Å². The molecule has 1 heterocycles. The van der Waals surface area contributed by atoms with Crippen molar-refractivity contribution in [3.8, 4) is 0 Å². The average molecular weight is 466 g/mol. The number of likely N-dealkylation sites (tertiary alicyclic amines) is 1. The lowest BCUT2D eigenvalue weighted by molar-refractivity contribution is -0.839. The second kappa shape index (κ2) is 13.3. The van der Waals surface area contributed by atoms with E-state index >= 15 is 0 Å². The van der Waals surface area contributed by atoms with Crippen LogP contribution in [0.5, 0.6) is 0 Å². The highest BCUT2D eigenvalue weighted by molar-refractivity contribution is 5.88. The molecule has 3 atom stereocenters. The number of nitrogens with two attached hydrogens (primary N) is 1. The molecule has 1 aromatic carbocycles. The monoisotopic (exact) mass is 466 g/mol. The minimum absolute atomic E-state index is 0.244. The van der Waals surface area contributed by atoms with E-state index in [0.29, 0.717) is 38.6 Å². The van der Waals surface area contributed by atoms with Gasteiger partial charge < -0.3 is 15.7 Å². The lowest BCUT2D eigenvalue weighted by Crippen LogP contribution is -2.54. The van der Waals surface area contributed by atoms with Crippen molar-refractivity contribution in [3.05, 3.63) is 46.0 Å². The van der Waals surface area contributed by atoms with Crippen LogP contribution in [-0.2, 0) is 30.7 Å². The molecule has 0 aliphatic carbocycles. The number of nitrogens with one attached hydrogen (secondary N) is 1. The normalized spacial score (nSPS) is 17.2. The highest BCUT2D eigenvalue weighted by Gasteiger charge is 2.39. The van der Waals surface area contributed by atoms with Crippen molar-refractivity contribution in [2.75, 3.05) is 13.1 Å². The van der Waals surface area contributed by atoms with E-state index in [1.165, 1.54) is 4.90 Å². The van der Waals surface area contributed by atoms with Crippen molar-refractivity contribution in [2.45, 2.75) is 63.1 Å². The first-order valence-electron chi connectivity index (χ1n) is 10.9. The predicted octanol–water partition coefficient (Wildman–Crippen LogP) is 0.817. The summed E-state index contributed by atoms with van der Waals surface area (Å²) in [7, 11) is 0. The van der Waals surface area contributed by atoms with Gasteiger partial charge in [-0.15, -0.1) is 10.1 Å². The van der Waals surface area contributed by atoms with Gasteiger partial charge in [-0.3, -0.25) is 19.8 Å². The number of aliphatic carboxylic acids is 1. The zero-order chi connectivity index (χ0) is 24.2. The van der Waals surface area contributed by atoms with Crippen LogP contribution in [0.25, 0.3) is 0 Å². The van der Waals surface area contributed by atoms with E-state index in [2.05, 4.69) is 15.2 Å². The fraction of sp³-hybridized carbons (Fsp3) is 0.571. The Morgan fingerprint density at radius 3 is 2.58 bits per heavy atom. The third kappa shape index (κ3) is 8.31. The Morgan fingerprint density at radius 2 is 1.94 bits per heavy atom. The summed E-state index contributed by atoms with van der Waals surface area (Å²) < 4.78 is 0. The maximum Gasteiger partial charge on any atom is 0.365 e. The van der Waals surface area contributed by atoms with Gasteiger partial charge in [0.15, 0.2) is 0 Å². The minimum atomic E-state index is -1.26. The largest absolute Gasteiger partial charge is 0.480 e. The highest BCUT2D eigenvalue weighted by atomic mass is 17.3. The fourth-order valence-corrected chi connectivity index (χ4v) is 3.85. The number of hydrogen-bond acceptors (Lipinski definition) is 9. The first kappa shape index (κ1) is 26.0. The van der Waals surface area contributed by atoms with Crippen LogP contribution in [0.2, 0.25) is 0 Å². The summed E-state index contributed by atoms with van der Waals surface area (Å²) in [6, 6.07) is 6.52. The first-order chi connectivity index (χ1) is 15.8. The Bertz CT molecular complexity index is 807. The predicted molar refractivity (Wildman–Crippen MR) is 115 cm³/mol.